The van der Waals surface area contributed by atoms with Crippen molar-refractivity contribution >= 4 is 11.8 Å². The minimum absolute atomic E-state index is 0.134. The largest absolute Gasteiger partial charge is 0.394 e. The maximum atomic E-state index is 12.2. The summed E-state index contributed by atoms with van der Waals surface area (Å²) in [6, 6.07) is 17.9. The number of carbonyl (C=O) groups excluding carboxylic acids is 2. The zero-order chi connectivity index (χ0) is 18.1. The predicted octanol–water partition coefficient (Wildman–Crippen LogP) is 1.91. The molecule has 2 atom stereocenters. The molecule has 0 heterocycles. The molecule has 2 amide bonds. The van der Waals surface area contributed by atoms with Crippen LogP contribution in [-0.2, 0) is 11.2 Å². The number of carbonyl (C=O) groups is 2. The van der Waals surface area contributed by atoms with Crippen molar-refractivity contribution in [2.45, 2.75) is 31.8 Å². The minimum Gasteiger partial charge on any atom is -0.394 e. The van der Waals surface area contributed by atoms with Crippen LogP contribution < -0.4 is 10.6 Å². The van der Waals surface area contributed by atoms with E-state index in [2.05, 4.69) is 10.6 Å². The molecule has 2 rings (SSSR count). The number of aliphatic hydroxyl groups is 1. The van der Waals surface area contributed by atoms with E-state index in [0.29, 0.717) is 12.0 Å². The van der Waals surface area contributed by atoms with E-state index in [1.165, 1.54) is 0 Å². The Labute approximate surface area is 148 Å². The SMILES string of the molecule is CC(CC(=O)NC(CO)Cc1ccccc1)NC(=O)c1ccccc1. The van der Waals surface area contributed by atoms with Gasteiger partial charge in [0.25, 0.3) is 5.91 Å². The van der Waals surface area contributed by atoms with Crippen LogP contribution in [0.15, 0.2) is 60.7 Å². The van der Waals surface area contributed by atoms with Gasteiger partial charge in [0.05, 0.1) is 12.6 Å². The molecule has 2 aromatic carbocycles. The van der Waals surface area contributed by atoms with Gasteiger partial charge in [-0.2, -0.15) is 0 Å². The molecule has 0 aliphatic heterocycles. The number of amides is 2. The monoisotopic (exact) mass is 340 g/mol. The molecule has 0 spiro atoms. The number of rotatable bonds is 8. The van der Waals surface area contributed by atoms with E-state index in [9.17, 15) is 14.7 Å². The number of hydrogen-bond acceptors (Lipinski definition) is 3. The first-order chi connectivity index (χ1) is 12.1. The third-order valence-electron chi connectivity index (χ3n) is 3.82. The molecule has 2 unspecified atom stereocenters. The van der Waals surface area contributed by atoms with Gasteiger partial charge in [-0.1, -0.05) is 48.5 Å². The molecule has 0 saturated carbocycles. The number of aliphatic hydroxyl groups excluding tert-OH is 1. The standard InChI is InChI=1S/C20H24N2O3/c1-15(21-20(25)17-10-6-3-7-11-17)12-19(24)22-18(14-23)13-16-8-4-2-5-9-16/h2-11,15,18,23H,12-14H2,1H3,(H,21,25)(H,22,24). The first kappa shape index (κ1) is 18.7. The summed E-state index contributed by atoms with van der Waals surface area (Å²) in [5.41, 5.74) is 1.61. The summed E-state index contributed by atoms with van der Waals surface area (Å²) in [4.78, 5) is 24.2. The van der Waals surface area contributed by atoms with Gasteiger partial charge in [0, 0.05) is 18.0 Å². The summed E-state index contributed by atoms with van der Waals surface area (Å²) < 4.78 is 0. The van der Waals surface area contributed by atoms with Crippen molar-refractivity contribution in [3.63, 3.8) is 0 Å². The van der Waals surface area contributed by atoms with Crippen LogP contribution in [0, 0.1) is 0 Å². The van der Waals surface area contributed by atoms with Gasteiger partial charge in [0.15, 0.2) is 0 Å². The second-order valence-corrected chi connectivity index (χ2v) is 6.08. The van der Waals surface area contributed by atoms with Gasteiger partial charge in [0.1, 0.15) is 0 Å². The summed E-state index contributed by atoms with van der Waals surface area (Å²) in [7, 11) is 0. The molecule has 0 radical (unpaired) electrons. The number of hydrogen-bond donors (Lipinski definition) is 3. The lowest BCUT2D eigenvalue weighted by Gasteiger charge is -2.19. The molecule has 25 heavy (non-hydrogen) atoms. The van der Waals surface area contributed by atoms with Crippen LogP contribution in [0.3, 0.4) is 0 Å². The molecule has 3 N–H and O–H groups in total. The van der Waals surface area contributed by atoms with E-state index in [1.54, 1.807) is 31.2 Å². The lowest BCUT2D eigenvalue weighted by molar-refractivity contribution is -0.122. The van der Waals surface area contributed by atoms with Gasteiger partial charge in [-0.25, -0.2) is 0 Å². The summed E-state index contributed by atoms with van der Waals surface area (Å²) >= 11 is 0. The molecular formula is C20H24N2O3. The molecule has 132 valence electrons. The lowest BCUT2D eigenvalue weighted by atomic mass is 10.1. The average molecular weight is 340 g/mol. The normalized spacial score (nSPS) is 12.9. The third-order valence-corrected chi connectivity index (χ3v) is 3.82. The maximum Gasteiger partial charge on any atom is 0.251 e. The lowest BCUT2D eigenvalue weighted by Crippen LogP contribution is -2.43. The first-order valence-electron chi connectivity index (χ1n) is 8.38. The first-order valence-corrected chi connectivity index (χ1v) is 8.38. The molecule has 0 fully saturated rings. The quantitative estimate of drug-likeness (QED) is 0.687. The maximum absolute atomic E-state index is 12.2. The molecule has 5 nitrogen and oxygen atoms in total. The molecule has 0 saturated heterocycles. The second kappa shape index (κ2) is 9.59. The van der Waals surface area contributed by atoms with Crippen molar-refractivity contribution in [1.29, 1.82) is 0 Å². The van der Waals surface area contributed by atoms with E-state index < -0.39 is 0 Å². The highest BCUT2D eigenvalue weighted by atomic mass is 16.3. The van der Waals surface area contributed by atoms with Gasteiger partial charge in [-0.05, 0) is 31.0 Å². The van der Waals surface area contributed by atoms with Crippen LogP contribution in [0.2, 0.25) is 0 Å². The van der Waals surface area contributed by atoms with E-state index in [0.717, 1.165) is 5.56 Å². The van der Waals surface area contributed by atoms with Crippen LogP contribution in [0.5, 0.6) is 0 Å². The van der Waals surface area contributed by atoms with Crippen molar-refractivity contribution in [3.05, 3.63) is 71.8 Å². The molecule has 0 aromatic heterocycles. The van der Waals surface area contributed by atoms with Gasteiger partial charge in [-0.15, -0.1) is 0 Å². The second-order valence-electron chi connectivity index (χ2n) is 6.08. The van der Waals surface area contributed by atoms with Crippen molar-refractivity contribution in [3.8, 4) is 0 Å². The van der Waals surface area contributed by atoms with Crippen molar-refractivity contribution in [2.75, 3.05) is 6.61 Å². The van der Waals surface area contributed by atoms with Gasteiger partial charge < -0.3 is 15.7 Å². The van der Waals surface area contributed by atoms with E-state index >= 15 is 0 Å². The summed E-state index contributed by atoms with van der Waals surface area (Å²) in [6.07, 6.45) is 0.720. The highest BCUT2D eigenvalue weighted by Crippen LogP contribution is 2.04. The molecule has 0 bridgehead atoms. The smallest absolute Gasteiger partial charge is 0.251 e. The van der Waals surface area contributed by atoms with Crippen LogP contribution in [0.1, 0.15) is 29.3 Å². The van der Waals surface area contributed by atoms with Crippen molar-refractivity contribution in [1.82, 2.24) is 10.6 Å². The van der Waals surface area contributed by atoms with Crippen LogP contribution in [-0.4, -0.2) is 35.6 Å². The summed E-state index contributed by atoms with van der Waals surface area (Å²) in [5, 5.41) is 15.1. The molecule has 5 heteroatoms. The Morgan fingerprint density at radius 3 is 2.16 bits per heavy atom. The fourth-order valence-corrected chi connectivity index (χ4v) is 2.57. The van der Waals surface area contributed by atoms with Crippen LogP contribution >= 0.6 is 0 Å². The summed E-state index contributed by atoms with van der Waals surface area (Å²) in [5.74, 6) is -0.403. The predicted molar refractivity (Wildman–Crippen MR) is 97.1 cm³/mol. The Hall–Kier alpha value is -2.66. The fourth-order valence-electron chi connectivity index (χ4n) is 2.57. The van der Waals surface area contributed by atoms with Crippen molar-refractivity contribution in [2.24, 2.45) is 0 Å². The molecular weight excluding hydrogens is 316 g/mol. The molecule has 2 aromatic rings. The summed E-state index contributed by atoms with van der Waals surface area (Å²) in [6.45, 7) is 1.65. The third kappa shape index (κ3) is 6.39. The zero-order valence-corrected chi connectivity index (χ0v) is 14.3. The molecule has 0 aliphatic carbocycles. The topological polar surface area (TPSA) is 78.4 Å². The highest BCUT2D eigenvalue weighted by Gasteiger charge is 2.16. The number of benzene rings is 2. The Bertz CT molecular complexity index is 674. The zero-order valence-electron chi connectivity index (χ0n) is 14.3. The van der Waals surface area contributed by atoms with Crippen LogP contribution in [0.4, 0.5) is 0 Å². The average Bonchev–Trinajstić information content (AvgIpc) is 2.62. The van der Waals surface area contributed by atoms with Gasteiger partial charge in [-0.3, -0.25) is 9.59 Å². The van der Waals surface area contributed by atoms with E-state index in [-0.39, 0.29) is 36.9 Å². The van der Waals surface area contributed by atoms with E-state index in [4.69, 9.17) is 0 Å². The van der Waals surface area contributed by atoms with Gasteiger partial charge in [0.2, 0.25) is 5.91 Å². The number of nitrogens with one attached hydrogen (secondary N) is 2. The van der Waals surface area contributed by atoms with Crippen LogP contribution in [0.25, 0.3) is 0 Å². The van der Waals surface area contributed by atoms with Gasteiger partial charge >= 0.3 is 0 Å². The Kier molecular flexibility index (Phi) is 7.16. The van der Waals surface area contributed by atoms with Crippen molar-refractivity contribution < 1.29 is 14.7 Å². The fraction of sp³-hybridized carbons (Fsp3) is 0.300. The minimum atomic E-state index is -0.341. The Morgan fingerprint density at radius 2 is 1.56 bits per heavy atom. The Balaban J connectivity index is 1.80. The Morgan fingerprint density at radius 1 is 0.960 bits per heavy atom. The highest BCUT2D eigenvalue weighted by molar-refractivity contribution is 5.94. The van der Waals surface area contributed by atoms with E-state index in [1.807, 2.05) is 36.4 Å². The molecule has 0 aliphatic rings.